The third-order valence-electron chi connectivity index (χ3n) is 5.79. The number of nitrogens with two attached hydrogens (primary N) is 1. The Hall–Kier alpha value is -1.85. The SMILES string of the molecule is NC(=NCC1(C2CC2)CCC1)N1CCN(c2ncccn2)CC1. The van der Waals surface area contributed by atoms with Gasteiger partial charge >= 0.3 is 0 Å². The Morgan fingerprint density at radius 1 is 1.17 bits per heavy atom. The molecule has 0 bridgehead atoms. The lowest BCUT2D eigenvalue weighted by Crippen LogP contribution is -2.52. The third-order valence-corrected chi connectivity index (χ3v) is 5.79. The van der Waals surface area contributed by atoms with Crippen molar-refractivity contribution in [3.63, 3.8) is 0 Å². The summed E-state index contributed by atoms with van der Waals surface area (Å²) in [7, 11) is 0. The van der Waals surface area contributed by atoms with E-state index in [1.807, 2.05) is 6.07 Å². The number of rotatable bonds is 4. The van der Waals surface area contributed by atoms with Gasteiger partial charge < -0.3 is 15.5 Å². The van der Waals surface area contributed by atoms with Gasteiger partial charge in [-0.3, -0.25) is 4.99 Å². The van der Waals surface area contributed by atoms with Crippen molar-refractivity contribution in [1.29, 1.82) is 0 Å². The number of aliphatic imine (C=N–C) groups is 1. The van der Waals surface area contributed by atoms with Crippen molar-refractivity contribution in [1.82, 2.24) is 14.9 Å². The molecule has 2 heterocycles. The van der Waals surface area contributed by atoms with E-state index in [0.717, 1.165) is 50.5 Å². The van der Waals surface area contributed by atoms with Crippen molar-refractivity contribution in [2.75, 3.05) is 37.6 Å². The van der Waals surface area contributed by atoms with Gasteiger partial charge in [-0.2, -0.15) is 0 Å². The Morgan fingerprint density at radius 3 is 2.43 bits per heavy atom. The first kappa shape index (κ1) is 14.7. The maximum absolute atomic E-state index is 6.27. The second-order valence-electron chi connectivity index (χ2n) is 7.19. The van der Waals surface area contributed by atoms with E-state index in [1.165, 1.54) is 32.1 Å². The van der Waals surface area contributed by atoms with Crippen LogP contribution in [0.25, 0.3) is 0 Å². The first-order chi connectivity index (χ1) is 11.3. The van der Waals surface area contributed by atoms with Crippen molar-refractivity contribution in [2.45, 2.75) is 32.1 Å². The quantitative estimate of drug-likeness (QED) is 0.673. The molecule has 0 aromatic carbocycles. The minimum Gasteiger partial charge on any atom is -0.370 e. The smallest absolute Gasteiger partial charge is 0.225 e. The average molecular weight is 314 g/mol. The fourth-order valence-corrected chi connectivity index (χ4v) is 3.95. The summed E-state index contributed by atoms with van der Waals surface area (Å²) in [5.74, 6) is 2.47. The highest BCUT2D eigenvalue weighted by molar-refractivity contribution is 5.78. The summed E-state index contributed by atoms with van der Waals surface area (Å²) in [5.41, 5.74) is 6.77. The van der Waals surface area contributed by atoms with Crippen LogP contribution >= 0.6 is 0 Å². The van der Waals surface area contributed by atoms with Crippen LogP contribution in [0.4, 0.5) is 5.95 Å². The summed E-state index contributed by atoms with van der Waals surface area (Å²) in [6.45, 7) is 4.52. The van der Waals surface area contributed by atoms with Gasteiger partial charge in [0, 0.05) is 45.1 Å². The molecule has 4 rings (SSSR count). The molecule has 2 aliphatic carbocycles. The van der Waals surface area contributed by atoms with Gasteiger partial charge in [-0.1, -0.05) is 6.42 Å². The Labute approximate surface area is 137 Å². The van der Waals surface area contributed by atoms with Gasteiger partial charge in [-0.05, 0) is 43.1 Å². The molecule has 6 nitrogen and oxygen atoms in total. The number of hydrogen-bond donors (Lipinski definition) is 1. The van der Waals surface area contributed by atoms with Crippen LogP contribution in [0.1, 0.15) is 32.1 Å². The van der Waals surface area contributed by atoms with Crippen LogP contribution in [-0.4, -0.2) is 53.6 Å². The lowest BCUT2D eigenvalue weighted by molar-refractivity contribution is 0.112. The van der Waals surface area contributed by atoms with Crippen LogP contribution in [0.2, 0.25) is 0 Å². The molecule has 2 N–H and O–H groups in total. The summed E-state index contributed by atoms with van der Waals surface area (Å²) in [6, 6.07) is 1.85. The molecule has 0 amide bonds. The van der Waals surface area contributed by atoms with E-state index in [1.54, 1.807) is 12.4 Å². The molecule has 1 saturated heterocycles. The summed E-state index contributed by atoms with van der Waals surface area (Å²) < 4.78 is 0. The Bertz CT molecular complexity index is 556. The zero-order chi connectivity index (χ0) is 15.7. The predicted octanol–water partition coefficient (Wildman–Crippen LogP) is 1.49. The standard InChI is InChI=1S/C17H26N6/c18-15(21-13-17(5-1-6-17)14-3-4-14)22-9-11-23(12-10-22)16-19-7-2-8-20-16/h2,7-8,14H,1,3-6,9-13H2,(H2,18,21). The highest BCUT2D eigenvalue weighted by Crippen LogP contribution is 2.57. The molecule has 23 heavy (non-hydrogen) atoms. The maximum atomic E-state index is 6.27. The molecular weight excluding hydrogens is 288 g/mol. The Kier molecular flexibility index (Phi) is 3.83. The predicted molar refractivity (Wildman–Crippen MR) is 91.3 cm³/mol. The minimum absolute atomic E-state index is 0.504. The number of nitrogens with zero attached hydrogens (tertiary/aromatic N) is 5. The lowest BCUT2D eigenvalue weighted by Gasteiger charge is -2.42. The molecule has 0 spiro atoms. The number of guanidine groups is 1. The first-order valence-corrected chi connectivity index (χ1v) is 8.84. The van der Waals surface area contributed by atoms with Crippen molar-refractivity contribution in [2.24, 2.45) is 22.1 Å². The summed E-state index contributed by atoms with van der Waals surface area (Å²) in [4.78, 5) is 17.8. The van der Waals surface area contributed by atoms with Crippen LogP contribution in [0.15, 0.2) is 23.5 Å². The fourth-order valence-electron chi connectivity index (χ4n) is 3.95. The van der Waals surface area contributed by atoms with Gasteiger partial charge in [-0.15, -0.1) is 0 Å². The second-order valence-corrected chi connectivity index (χ2v) is 7.19. The monoisotopic (exact) mass is 314 g/mol. The first-order valence-electron chi connectivity index (χ1n) is 8.84. The normalized spacial score (nSPS) is 24.4. The van der Waals surface area contributed by atoms with E-state index in [0.29, 0.717) is 5.41 Å². The van der Waals surface area contributed by atoms with Gasteiger partial charge in [0.2, 0.25) is 5.95 Å². The Morgan fingerprint density at radius 2 is 1.87 bits per heavy atom. The molecule has 1 aliphatic heterocycles. The van der Waals surface area contributed by atoms with Crippen LogP contribution in [0.5, 0.6) is 0 Å². The molecule has 0 radical (unpaired) electrons. The molecule has 0 atom stereocenters. The van der Waals surface area contributed by atoms with E-state index < -0.39 is 0 Å². The van der Waals surface area contributed by atoms with Crippen LogP contribution < -0.4 is 10.6 Å². The Balaban J connectivity index is 1.32. The van der Waals surface area contributed by atoms with Gasteiger partial charge in [0.25, 0.3) is 0 Å². The van der Waals surface area contributed by atoms with Crippen molar-refractivity contribution >= 4 is 11.9 Å². The van der Waals surface area contributed by atoms with Gasteiger partial charge in [0.1, 0.15) is 0 Å². The number of aromatic nitrogens is 2. The third kappa shape index (κ3) is 2.99. The van der Waals surface area contributed by atoms with E-state index in [4.69, 9.17) is 10.7 Å². The second kappa shape index (κ2) is 5.98. The summed E-state index contributed by atoms with van der Waals surface area (Å²) in [5, 5.41) is 0. The lowest BCUT2D eigenvalue weighted by atomic mass is 9.65. The zero-order valence-electron chi connectivity index (χ0n) is 13.7. The van der Waals surface area contributed by atoms with Gasteiger partial charge in [0.05, 0.1) is 0 Å². The molecule has 1 aromatic rings. The fraction of sp³-hybridized carbons (Fsp3) is 0.706. The van der Waals surface area contributed by atoms with Gasteiger partial charge in [-0.25, -0.2) is 9.97 Å². The van der Waals surface area contributed by atoms with Gasteiger partial charge in [0.15, 0.2) is 5.96 Å². The molecule has 6 heteroatoms. The van der Waals surface area contributed by atoms with Crippen LogP contribution in [0.3, 0.4) is 0 Å². The number of anilines is 1. The molecule has 3 fully saturated rings. The zero-order valence-corrected chi connectivity index (χ0v) is 13.7. The summed E-state index contributed by atoms with van der Waals surface area (Å²) >= 11 is 0. The number of piperazine rings is 1. The van der Waals surface area contributed by atoms with E-state index >= 15 is 0 Å². The van der Waals surface area contributed by atoms with E-state index in [9.17, 15) is 0 Å². The van der Waals surface area contributed by atoms with Crippen molar-refractivity contribution < 1.29 is 0 Å². The molecule has 0 unspecified atom stereocenters. The highest BCUT2D eigenvalue weighted by Gasteiger charge is 2.48. The van der Waals surface area contributed by atoms with Crippen molar-refractivity contribution in [3.8, 4) is 0 Å². The average Bonchev–Trinajstić information content (AvgIpc) is 3.40. The highest BCUT2D eigenvalue weighted by atomic mass is 15.4. The van der Waals surface area contributed by atoms with Crippen LogP contribution in [-0.2, 0) is 0 Å². The topological polar surface area (TPSA) is 70.6 Å². The summed E-state index contributed by atoms with van der Waals surface area (Å²) in [6.07, 6.45) is 10.5. The number of hydrogen-bond acceptors (Lipinski definition) is 4. The van der Waals surface area contributed by atoms with E-state index in [-0.39, 0.29) is 0 Å². The van der Waals surface area contributed by atoms with E-state index in [2.05, 4.69) is 19.8 Å². The molecule has 124 valence electrons. The molecule has 3 aliphatic rings. The molecule has 2 saturated carbocycles. The minimum atomic E-state index is 0.504. The van der Waals surface area contributed by atoms with Crippen LogP contribution in [0, 0.1) is 11.3 Å². The molecule has 1 aromatic heterocycles. The largest absolute Gasteiger partial charge is 0.370 e. The maximum Gasteiger partial charge on any atom is 0.225 e. The van der Waals surface area contributed by atoms with Crippen molar-refractivity contribution in [3.05, 3.63) is 18.5 Å². The molecular formula is C17H26N6.